The highest BCUT2D eigenvalue weighted by atomic mass is 15.3. The maximum atomic E-state index is 4.39. The first-order valence-electron chi connectivity index (χ1n) is 7.13. The third kappa shape index (κ3) is 2.96. The Morgan fingerprint density at radius 1 is 1.55 bits per heavy atom. The van der Waals surface area contributed by atoms with Gasteiger partial charge in [0.1, 0.15) is 12.7 Å². The Hall–Kier alpha value is -1.95. The molecule has 1 aliphatic rings. The maximum Gasteiger partial charge on any atom is 0.178 e. The molecule has 1 saturated heterocycles. The lowest BCUT2D eigenvalue weighted by Crippen LogP contribution is -2.29. The molecular weight excluding hydrogens is 252 g/mol. The van der Waals surface area contributed by atoms with Crippen molar-refractivity contribution in [3.8, 4) is 5.82 Å². The van der Waals surface area contributed by atoms with Crippen molar-refractivity contribution in [3.05, 3.63) is 31.0 Å². The standard InChI is InChI=1S/C14H20N6/c1-11(8-12-4-2-6-16-12)19-13-5-3-7-17-14(13)20-10-15-9-18-20/h3,5,7,9-12,16,19H,2,4,6,8H2,1H3. The molecule has 3 rings (SSSR count). The fourth-order valence-electron chi connectivity index (χ4n) is 2.72. The second kappa shape index (κ2) is 6.00. The largest absolute Gasteiger partial charge is 0.379 e. The van der Waals surface area contributed by atoms with Crippen LogP contribution in [0.25, 0.3) is 5.82 Å². The minimum Gasteiger partial charge on any atom is -0.379 e. The Kier molecular flexibility index (Phi) is 3.92. The predicted molar refractivity (Wildman–Crippen MR) is 77.9 cm³/mol. The molecule has 0 aliphatic carbocycles. The van der Waals surface area contributed by atoms with E-state index in [-0.39, 0.29) is 0 Å². The number of anilines is 1. The molecule has 0 saturated carbocycles. The molecule has 106 valence electrons. The topological polar surface area (TPSA) is 67.7 Å². The van der Waals surface area contributed by atoms with Crippen LogP contribution in [0.4, 0.5) is 5.69 Å². The van der Waals surface area contributed by atoms with Crippen molar-refractivity contribution >= 4 is 5.69 Å². The van der Waals surface area contributed by atoms with E-state index in [0.29, 0.717) is 12.1 Å². The third-order valence-electron chi connectivity index (χ3n) is 3.62. The number of pyridine rings is 1. The summed E-state index contributed by atoms with van der Waals surface area (Å²) in [7, 11) is 0. The second-order valence-corrected chi connectivity index (χ2v) is 5.29. The molecule has 0 bridgehead atoms. The lowest BCUT2D eigenvalue weighted by Gasteiger charge is -2.20. The summed E-state index contributed by atoms with van der Waals surface area (Å²) in [6.45, 7) is 3.35. The Bertz CT molecular complexity index is 532. The molecular formula is C14H20N6. The number of nitrogens with zero attached hydrogens (tertiary/aromatic N) is 4. The first kappa shape index (κ1) is 13.1. The lowest BCUT2D eigenvalue weighted by atomic mass is 10.1. The highest BCUT2D eigenvalue weighted by Gasteiger charge is 2.18. The van der Waals surface area contributed by atoms with Gasteiger partial charge in [-0.15, -0.1) is 0 Å². The second-order valence-electron chi connectivity index (χ2n) is 5.29. The fourth-order valence-corrected chi connectivity index (χ4v) is 2.72. The van der Waals surface area contributed by atoms with Gasteiger partial charge in [0.2, 0.25) is 0 Å². The van der Waals surface area contributed by atoms with E-state index in [9.17, 15) is 0 Å². The minimum absolute atomic E-state index is 0.386. The summed E-state index contributed by atoms with van der Waals surface area (Å²) in [6.07, 6.45) is 8.63. The first-order chi connectivity index (χ1) is 9.83. The van der Waals surface area contributed by atoms with Gasteiger partial charge in [0.15, 0.2) is 5.82 Å². The average Bonchev–Trinajstić information content (AvgIpc) is 3.11. The van der Waals surface area contributed by atoms with Crippen molar-refractivity contribution in [2.75, 3.05) is 11.9 Å². The summed E-state index contributed by atoms with van der Waals surface area (Å²) in [4.78, 5) is 8.36. The highest BCUT2D eigenvalue weighted by molar-refractivity contribution is 5.56. The van der Waals surface area contributed by atoms with Crippen molar-refractivity contribution in [2.45, 2.75) is 38.3 Å². The van der Waals surface area contributed by atoms with E-state index >= 15 is 0 Å². The molecule has 2 unspecified atom stereocenters. The molecule has 0 aromatic carbocycles. The number of nitrogens with one attached hydrogen (secondary N) is 2. The fraction of sp³-hybridized carbons (Fsp3) is 0.500. The first-order valence-corrected chi connectivity index (χ1v) is 7.13. The van der Waals surface area contributed by atoms with E-state index in [1.54, 1.807) is 17.2 Å². The van der Waals surface area contributed by atoms with Crippen LogP contribution < -0.4 is 10.6 Å². The number of aromatic nitrogens is 4. The zero-order chi connectivity index (χ0) is 13.8. The SMILES string of the molecule is CC(CC1CCCN1)Nc1cccnc1-n1cncn1. The smallest absolute Gasteiger partial charge is 0.178 e. The average molecular weight is 272 g/mol. The van der Waals surface area contributed by atoms with Crippen LogP contribution in [-0.2, 0) is 0 Å². The number of rotatable bonds is 5. The van der Waals surface area contributed by atoms with Crippen LogP contribution in [0, 0.1) is 0 Å². The van der Waals surface area contributed by atoms with Crippen LogP contribution >= 0.6 is 0 Å². The van der Waals surface area contributed by atoms with E-state index in [1.165, 1.54) is 19.2 Å². The van der Waals surface area contributed by atoms with Gasteiger partial charge in [0, 0.05) is 18.3 Å². The van der Waals surface area contributed by atoms with Crippen LogP contribution in [0.3, 0.4) is 0 Å². The molecule has 0 spiro atoms. The molecule has 1 fully saturated rings. The molecule has 6 nitrogen and oxygen atoms in total. The Morgan fingerprint density at radius 2 is 2.50 bits per heavy atom. The number of hydrogen-bond donors (Lipinski definition) is 2. The van der Waals surface area contributed by atoms with E-state index in [2.05, 4.69) is 32.6 Å². The van der Waals surface area contributed by atoms with Gasteiger partial charge in [0.05, 0.1) is 5.69 Å². The van der Waals surface area contributed by atoms with E-state index < -0.39 is 0 Å². The summed E-state index contributed by atoms with van der Waals surface area (Å²) >= 11 is 0. The van der Waals surface area contributed by atoms with Crippen molar-refractivity contribution in [1.82, 2.24) is 25.1 Å². The summed E-state index contributed by atoms with van der Waals surface area (Å²) in [6, 6.07) is 4.98. The van der Waals surface area contributed by atoms with Crippen molar-refractivity contribution < 1.29 is 0 Å². The van der Waals surface area contributed by atoms with Crippen LogP contribution in [-0.4, -0.2) is 38.4 Å². The van der Waals surface area contributed by atoms with E-state index in [0.717, 1.165) is 24.5 Å². The summed E-state index contributed by atoms with van der Waals surface area (Å²) < 4.78 is 1.68. The molecule has 2 aromatic heterocycles. The molecule has 6 heteroatoms. The van der Waals surface area contributed by atoms with Gasteiger partial charge in [-0.05, 0) is 44.9 Å². The Balaban J connectivity index is 1.70. The minimum atomic E-state index is 0.386. The van der Waals surface area contributed by atoms with Gasteiger partial charge in [-0.3, -0.25) is 0 Å². The molecule has 20 heavy (non-hydrogen) atoms. The van der Waals surface area contributed by atoms with Crippen molar-refractivity contribution in [3.63, 3.8) is 0 Å². The molecule has 3 heterocycles. The third-order valence-corrected chi connectivity index (χ3v) is 3.62. The van der Waals surface area contributed by atoms with Gasteiger partial charge in [-0.25, -0.2) is 14.6 Å². The van der Waals surface area contributed by atoms with Gasteiger partial charge in [-0.1, -0.05) is 0 Å². The molecule has 0 amide bonds. The molecule has 1 aliphatic heterocycles. The molecule has 2 aromatic rings. The van der Waals surface area contributed by atoms with Crippen LogP contribution in [0.5, 0.6) is 0 Å². The van der Waals surface area contributed by atoms with E-state index in [4.69, 9.17) is 0 Å². The van der Waals surface area contributed by atoms with Crippen LogP contribution in [0.2, 0.25) is 0 Å². The normalized spacial score (nSPS) is 19.9. The van der Waals surface area contributed by atoms with Crippen LogP contribution in [0.1, 0.15) is 26.2 Å². The maximum absolute atomic E-state index is 4.39. The van der Waals surface area contributed by atoms with Gasteiger partial charge in [-0.2, -0.15) is 5.10 Å². The monoisotopic (exact) mass is 272 g/mol. The lowest BCUT2D eigenvalue weighted by molar-refractivity contribution is 0.523. The highest BCUT2D eigenvalue weighted by Crippen LogP contribution is 2.19. The van der Waals surface area contributed by atoms with Crippen molar-refractivity contribution in [2.24, 2.45) is 0 Å². The zero-order valence-corrected chi connectivity index (χ0v) is 11.7. The predicted octanol–water partition coefficient (Wildman–Crippen LogP) is 1.60. The summed E-state index contributed by atoms with van der Waals surface area (Å²) in [5.41, 5.74) is 0.989. The number of hydrogen-bond acceptors (Lipinski definition) is 5. The van der Waals surface area contributed by atoms with Gasteiger partial charge in [0.25, 0.3) is 0 Å². The Labute approximate surface area is 118 Å². The van der Waals surface area contributed by atoms with Crippen LogP contribution in [0.15, 0.2) is 31.0 Å². The quantitative estimate of drug-likeness (QED) is 0.865. The zero-order valence-electron chi connectivity index (χ0n) is 11.7. The summed E-state index contributed by atoms with van der Waals surface area (Å²) in [5, 5.41) is 11.2. The Morgan fingerprint density at radius 3 is 3.25 bits per heavy atom. The molecule has 2 atom stereocenters. The van der Waals surface area contributed by atoms with Gasteiger partial charge < -0.3 is 10.6 Å². The van der Waals surface area contributed by atoms with Gasteiger partial charge >= 0.3 is 0 Å². The molecule has 0 radical (unpaired) electrons. The van der Waals surface area contributed by atoms with Crippen molar-refractivity contribution in [1.29, 1.82) is 0 Å². The van der Waals surface area contributed by atoms with E-state index in [1.807, 2.05) is 12.1 Å². The summed E-state index contributed by atoms with van der Waals surface area (Å²) in [5.74, 6) is 0.788. The molecule has 2 N–H and O–H groups in total.